The zero-order chi connectivity index (χ0) is 48.1. The van der Waals surface area contributed by atoms with Crippen LogP contribution in [0.25, 0.3) is 0 Å². The number of likely N-dealkylation sites (tertiary alicyclic amines) is 1. The lowest BCUT2D eigenvalue weighted by Crippen LogP contribution is -2.63. The van der Waals surface area contributed by atoms with Crippen LogP contribution in [-0.2, 0) is 54.1 Å². The number of aliphatic hydroxyl groups is 1. The van der Waals surface area contributed by atoms with E-state index in [2.05, 4.69) is 14.4 Å². The maximum absolute atomic E-state index is 14.3. The molecule has 0 spiro atoms. The van der Waals surface area contributed by atoms with Crippen LogP contribution in [0.15, 0.2) is 35.9 Å². The molecule has 1 aromatic carbocycles. The number of carbonyl (C=O) groups excluding carboxylic acids is 6. The third-order valence-corrected chi connectivity index (χ3v) is 15.2. The number of hydrazine groups is 1. The highest BCUT2D eigenvalue weighted by Gasteiger charge is 2.64. The molecule has 66 heavy (non-hydrogen) atoms. The number of epoxide rings is 1. The summed E-state index contributed by atoms with van der Waals surface area (Å²) in [6, 6.07) is 3.57. The standard InChI is InChI=1S/C45H61ClIN5O13S/c1-24-9-8-10-34(61-7)45(59)22-32(63-43(58)48-45)25(2)39-44(4,65-39)35(21-36(53)51(5)30-18-28(17-24)19-31(60-6)38(30)46)64-42(57)26(3)62-15-16-66-33-20-37(54)52(41(33)56)23-27-11-13-29(14-12-27)40(55)49-50-47/h8-10,18-19,25-27,29,32-35,39,50,59H,11-17,20-23H2,1-7H3,(H,48,58)(H,49,55)/b10-8+,24-9+/t25-,26+,27-,29-,32+,33?,34-,35+,39+,44+,45+/m1/s1. The van der Waals surface area contributed by atoms with Gasteiger partial charge in [-0.3, -0.25) is 34.8 Å². The number of nitrogens with one attached hydrogen (secondary N) is 3. The van der Waals surface area contributed by atoms with Gasteiger partial charge >= 0.3 is 12.1 Å². The summed E-state index contributed by atoms with van der Waals surface area (Å²) in [6.45, 7) is 7.33. The van der Waals surface area contributed by atoms with Crippen molar-refractivity contribution in [1.29, 1.82) is 0 Å². The van der Waals surface area contributed by atoms with Gasteiger partial charge < -0.3 is 38.4 Å². The lowest BCUT2D eigenvalue weighted by Gasteiger charge is -2.42. The highest BCUT2D eigenvalue weighted by atomic mass is 127. The Hall–Kier alpha value is -3.51. The summed E-state index contributed by atoms with van der Waals surface area (Å²) in [5, 5.41) is 14.0. The molecule has 4 bridgehead atoms. The van der Waals surface area contributed by atoms with Crippen LogP contribution >= 0.6 is 46.2 Å². The summed E-state index contributed by atoms with van der Waals surface area (Å²) in [5.41, 5.74) is 1.60. The van der Waals surface area contributed by atoms with E-state index in [0.717, 1.165) is 24.0 Å². The molecule has 4 heterocycles. The lowest BCUT2D eigenvalue weighted by atomic mass is 9.81. The number of nitrogens with zero attached hydrogens (tertiary/aromatic N) is 2. The molecular formula is C45H61ClIN5O13S. The number of thioether (sulfide) groups is 1. The highest BCUT2D eigenvalue weighted by Crippen LogP contribution is 2.49. The number of anilines is 1. The molecule has 364 valence electrons. The molecule has 9 atom stereocenters. The molecule has 4 aliphatic heterocycles. The van der Waals surface area contributed by atoms with E-state index in [-0.39, 0.29) is 60.4 Å². The van der Waals surface area contributed by atoms with E-state index in [1.807, 2.05) is 35.9 Å². The van der Waals surface area contributed by atoms with Gasteiger partial charge in [0.1, 0.15) is 34.7 Å². The van der Waals surface area contributed by atoms with Crippen LogP contribution < -0.4 is 24.0 Å². The minimum Gasteiger partial charge on any atom is -0.495 e. The zero-order valence-corrected chi connectivity index (χ0v) is 42.0. The highest BCUT2D eigenvalue weighted by molar-refractivity contribution is 14.1. The molecule has 1 aromatic rings. The fraction of sp³-hybridized carbons (Fsp3) is 0.644. The fourth-order valence-corrected chi connectivity index (χ4v) is 10.9. The van der Waals surface area contributed by atoms with E-state index in [0.29, 0.717) is 43.0 Å². The number of halogens is 2. The van der Waals surface area contributed by atoms with Gasteiger partial charge in [-0.2, -0.15) is 3.64 Å². The Morgan fingerprint density at radius 1 is 1.12 bits per heavy atom. The number of alkyl carbamates (subject to hydrolysis) is 1. The number of carbonyl (C=O) groups is 6. The van der Waals surface area contributed by atoms with Crippen molar-refractivity contribution in [2.24, 2.45) is 17.8 Å². The Bertz CT molecular complexity index is 2070. The van der Waals surface area contributed by atoms with Crippen LogP contribution in [0, 0.1) is 17.8 Å². The number of esters is 1. The Labute approximate surface area is 408 Å². The Balaban J connectivity index is 1.13. The van der Waals surface area contributed by atoms with Crippen molar-refractivity contribution in [2.45, 2.75) is 126 Å². The molecular weight excluding hydrogens is 1010 g/mol. The number of hydrogen-bond donors (Lipinski definition) is 4. The molecule has 18 nitrogen and oxygen atoms in total. The van der Waals surface area contributed by atoms with Crippen molar-refractivity contribution in [3.63, 3.8) is 0 Å². The van der Waals surface area contributed by atoms with Crippen LogP contribution in [0.4, 0.5) is 10.5 Å². The maximum Gasteiger partial charge on any atom is 0.409 e. The van der Waals surface area contributed by atoms with Crippen molar-refractivity contribution in [1.82, 2.24) is 19.3 Å². The molecule has 3 saturated heterocycles. The number of hydrogen-bond acceptors (Lipinski definition) is 15. The number of amides is 5. The number of fused-ring (bicyclic) bond motifs is 5. The van der Waals surface area contributed by atoms with Gasteiger partial charge in [0.2, 0.25) is 23.6 Å². The average Bonchev–Trinajstić information content (AvgIpc) is 3.91. The second kappa shape index (κ2) is 22.3. The Morgan fingerprint density at radius 2 is 1.85 bits per heavy atom. The van der Waals surface area contributed by atoms with E-state index in [1.54, 1.807) is 45.2 Å². The zero-order valence-electron chi connectivity index (χ0n) is 38.3. The fourth-order valence-electron chi connectivity index (χ4n) is 9.31. The normalized spacial score (nSPS) is 33.5. The summed E-state index contributed by atoms with van der Waals surface area (Å²) >= 11 is 9.94. The molecule has 1 unspecified atom stereocenters. The molecule has 6 rings (SSSR count). The number of rotatable bonds is 13. The topological polar surface area (TPSA) is 224 Å². The van der Waals surface area contributed by atoms with Crippen molar-refractivity contribution in [2.75, 3.05) is 45.1 Å². The monoisotopic (exact) mass is 1070 g/mol. The average molecular weight is 1070 g/mol. The smallest absolute Gasteiger partial charge is 0.409 e. The second-order valence-electron chi connectivity index (χ2n) is 17.9. The van der Waals surface area contributed by atoms with Crippen LogP contribution in [0.5, 0.6) is 5.75 Å². The number of imide groups is 1. The summed E-state index contributed by atoms with van der Waals surface area (Å²) < 4.78 is 37.9. The third-order valence-electron chi connectivity index (χ3n) is 13.3. The van der Waals surface area contributed by atoms with Crippen LogP contribution in [0.2, 0.25) is 5.02 Å². The van der Waals surface area contributed by atoms with Gasteiger partial charge in [0.25, 0.3) is 0 Å². The van der Waals surface area contributed by atoms with Gasteiger partial charge in [-0.25, -0.2) is 9.59 Å². The molecule has 21 heteroatoms. The molecule has 4 fully saturated rings. The Morgan fingerprint density at radius 3 is 2.53 bits per heavy atom. The van der Waals surface area contributed by atoms with Gasteiger partial charge in [-0.15, -0.1) is 11.8 Å². The first kappa shape index (κ1) is 51.9. The first-order valence-corrected chi connectivity index (χ1v) is 24.6. The van der Waals surface area contributed by atoms with Crippen LogP contribution in [-0.4, -0.2) is 133 Å². The summed E-state index contributed by atoms with van der Waals surface area (Å²) in [7, 11) is 4.48. The van der Waals surface area contributed by atoms with E-state index >= 15 is 0 Å². The maximum atomic E-state index is 14.3. The third kappa shape index (κ3) is 12.0. The van der Waals surface area contributed by atoms with Gasteiger partial charge in [-0.1, -0.05) is 42.3 Å². The summed E-state index contributed by atoms with van der Waals surface area (Å²) in [6.07, 6.45) is 2.58. The largest absolute Gasteiger partial charge is 0.495 e. The van der Waals surface area contributed by atoms with Crippen LogP contribution in [0.3, 0.4) is 0 Å². The molecule has 5 aliphatic rings. The van der Waals surface area contributed by atoms with E-state index < -0.39 is 71.0 Å². The quantitative estimate of drug-likeness (QED) is 0.0400. The number of benzene rings is 1. The molecule has 5 amide bonds. The van der Waals surface area contributed by atoms with Gasteiger partial charge in [0, 0.05) is 74.0 Å². The van der Waals surface area contributed by atoms with Crippen molar-refractivity contribution < 1.29 is 62.3 Å². The predicted octanol–water partition coefficient (Wildman–Crippen LogP) is 4.71. The minimum absolute atomic E-state index is 0.0581. The lowest BCUT2D eigenvalue weighted by molar-refractivity contribution is -0.165. The van der Waals surface area contributed by atoms with E-state index in [1.165, 1.54) is 42.7 Å². The molecule has 0 aromatic heterocycles. The van der Waals surface area contributed by atoms with Crippen molar-refractivity contribution >= 4 is 87.6 Å². The molecule has 0 radical (unpaired) electrons. The van der Waals surface area contributed by atoms with Crippen LogP contribution in [0.1, 0.15) is 78.2 Å². The predicted molar refractivity (Wildman–Crippen MR) is 252 cm³/mol. The van der Waals surface area contributed by atoms with E-state index in [9.17, 15) is 33.9 Å². The van der Waals surface area contributed by atoms with Gasteiger partial charge in [0.05, 0.1) is 37.2 Å². The molecule has 4 N–H and O–H groups in total. The van der Waals surface area contributed by atoms with Gasteiger partial charge in [0.15, 0.2) is 11.8 Å². The minimum atomic E-state index is -1.85. The first-order valence-electron chi connectivity index (χ1n) is 22.1. The molecule has 1 aliphatic carbocycles. The Kier molecular flexibility index (Phi) is 17.5. The number of methoxy groups -OCH3 is 2. The molecule has 1 saturated carbocycles. The SMILES string of the molecule is COc1cc2cc(c1Cl)N(C)C(=O)C[C@H](OC(=O)[C@H](C)OCCSC1CC(=O)N(C[C@H]3CC[C@H](C(=O)NNI)CC3)C1=O)[C@]1(C)O[C@H]1[C@H](C)[C@@H]1C[C@@](O)(NC(=O)O1)[C@H](OC)/C=C/C=C(\C)C2. The van der Waals surface area contributed by atoms with Gasteiger partial charge in [-0.05, 0) is 76.5 Å². The van der Waals surface area contributed by atoms with Crippen molar-refractivity contribution in [3.05, 3.63) is 46.5 Å². The number of ether oxygens (including phenoxy) is 6. The number of allylic oxidation sites excluding steroid dienone is 3. The summed E-state index contributed by atoms with van der Waals surface area (Å²) in [4.78, 5) is 82.2. The van der Waals surface area contributed by atoms with E-state index in [4.69, 9.17) is 40.0 Å². The second-order valence-corrected chi connectivity index (χ2v) is 20.2. The summed E-state index contributed by atoms with van der Waals surface area (Å²) in [5.74, 6) is -1.60. The van der Waals surface area contributed by atoms with Crippen molar-refractivity contribution in [3.8, 4) is 5.75 Å². The first-order chi connectivity index (χ1) is 31.3.